The summed E-state index contributed by atoms with van der Waals surface area (Å²) in [5, 5.41) is 0. The molecule has 0 saturated heterocycles. The second-order valence-corrected chi connectivity index (χ2v) is 4.15. The van der Waals surface area contributed by atoms with Crippen LogP contribution in [0.4, 0.5) is 0 Å². The van der Waals surface area contributed by atoms with Crippen LogP contribution >= 0.6 is 0 Å². The lowest BCUT2D eigenvalue weighted by atomic mass is 10.00. The average Bonchev–Trinajstić information content (AvgIpc) is 2.40. The number of hydrogen-bond donors (Lipinski definition) is 0. The summed E-state index contributed by atoms with van der Waals surface area (Å²) in [6.07, 6.45) is 6.54. The van der Waals surface area contributed by atoms with Gasteiger partial charge < -0.3 is 0 Å². The van der Waals surface area contributed by atoms with Gasteiger partial charge >= 0.3 is 0 Å². The van der Waals surface area contributed by atoms with Crippen molar-refractivity contribution in [3.63, 3.8) is 0 Å². The first-order valence-corrected chi connectivity index (χ1v) is 6.81. The molecule has 0 aliphatic carbocycles. The molecule has 0 spiro atoms. The van der Waals surface area contributed by atoms with Gasteiger partial charge in [0.1, 0.15) is 0 Å². The van der Waals surface area contributed by atoms with E-state index in [1.807, 2.05) is 20.8 Å². The lowest BCUT2D eigenvalue weighted by Gasteiger charge is -2.06. The van der Waals surface area contributed by atoms with Gasteiger partial charge in [0.2, 0.25) is 0 Å². The highest BCUT2D eigenvalue weighted by atomic mass is 14.0. The molecule has 0 aliphatic rings. The van der Waals surface area contributed by atoms with Crippen molar-refractivity contribution in [3.05, 3.63) is 58.8 Å². The smallest absolute Gasteiger partial charge is 0.00974 e. The number of benzene rings is 1. The monoisotopic (exact) mass is 242 g/mol. The third kappa shape index (κ3) is 5.70. The quantitative estimate of drug-likeness (QED) is 0.468. The minimum atomic E-state index is 1.07. The topological polar surface area (TPSA) is 0 Å². The highest BCUT2D eigenvalue weighted by Crippen LogP contribution is 2.16. The van der Waals surface area contributed by atoms with Crippen LogP contribution in [0.25, 0.3) is 6.08 Å². The molecule has 0 heterocycles. The van der Waals surface area contributed by atoms with Crippen molar-refractivity contribution in [1.82, 2.24) is 0 Å². The summed E-state index contributed by atoms with van der Waals surface area (Å²) in [5.41, 5.74) is 8.01. The molecule has 98 valence electrons. The largest absolute Gasteiger partial charge is 0.125 e. The second kappa shape index (κ2) is 9.50. The predicted molar refractivity (Wildman–Crippen MR) is 83.9 cm³/mol. The maximum Gasteiger partial charge on any atom is -0.00974 e. The zero-order chi connectivity index (χ0) is 14.0. The van der Waals surface area contributed by atoms with Crippen LogP contribution in [-0.2, 0) is 6.42 Å². The SMILES string of the molecule is C=C=C(C)/C=C/c1ccc(C)cc1CCC.CC. The van der Waals surface area contributed by atoms with E-state index >= 15 is 0 Å². The number of aryl methyl sites for hydroxylation is 2. The molecule has 0 atom stereocenters. The fourth-order valence-electron chi connectivity index (χ4n) is 1.66. The van der Waals surface area contributed by atoms with Crippen LogP contribution in [0, 0.1) is 6.92 Å². The van der Waals surface area contributed by atoms with Gasteiger partial charge in [0.05, 0.1) is 0 Å². The molecule has 1 aromatic rings. The Kier molecular flexibility index (Phi) is 8.70. The molecular formula is C18H26. The van der Waals surface area contributed by atoms with E-state index in [2.05, 4.69) is 56.5 Å². The van der Waals surface area contributed by atoms with Crippen LogP contribution in [0.3, 0.4) is 0 Å². The molecule has 0 bridgehead atoms. The van der Waals surface area contributed by atoms with Gasteiger partial charge in [-0.05, 0) is 37.0 Å². The first kappa shape index (κ1) is 16.5. The average molecular weight is 242 g/mol. The van der Waals surface area contributed by atoms with Crippen LogP contribution in [0.15, 0.2) is 42.2 Å². The maximum absolute atomic E-state index is 3.63. The summed E-state index contributed by atoms with van der Waals surface area (Å²) in [6, 6.07) is 6.62. The third-order valence-electron chi connectivity index (χ3n) is 2.61. The normalized spacial score (nSPS) is 9.61. The Bertz CT molecular complexity index is 429. The number of allylic oxidation sites excluding steroid dienone is 2. The van der Waals surface area contributed by atoms with E-state index in [0.717, 1.165) is 12.0 Å². The van der Waals surface area contributed by atoms with Crippen molar-refractivity contribution < 1.29 is 0 Å². The fourth-order valence-corrected chi connectivity index (χ4v) is 1.66. The van der Waals surface area contributed by atoms with Crippen LogP contribution in [-0.4, -0.2) is 0 Å². The zero-order valence-corrected chi connectivity index (χ0v) is 12.5. The molecule has 0 unspecified atom stereocenters. The van der Waals surface area contributed by atoms with E-state index in [4.69, 9.17) is 0 Å². The molecule has 0 radical (unpaired) electrons. The molecule has 0 nitrogen and oxygen atoms in total. The second-order valence-electron chi connectivity index (χ2n) is 4.15. The first-order valence-electron chi connectivity index (χ1n) is 6.81. The van der Waals surface area contributed by atoms with Gasteiger partial charge in [-0.1, -0.05) is 69.7 Å². The van der Waals surface area contributed by atoms with E-state index in [0.29, 0.717) is 0 Å². The molecule has 0 N–H and O–H groups in total. The molecule has 0 aliphatic heterocycles. The van der Waals surface area contributed by atoms with Crippen molar-refractivity contribution in [1.29, 1.82) is 0 Å². The molecule has 18 heavy (non-hydrogen) atoms. The van der Waals surface area contributed by atoms with Crippen molar-refractivity contribution in [3.8, 4) is 0 Å². The Morgan fingerprint density at radius 2 is 2.00 bits per heavy atom. The minimum absolute atomic E-state index is 1.07. The van der Waals surface area contributed by atoms with Gasteiger partial charge in [0, 0.05) is 0 Å². The molecular weight excluding hydrogens is 216 g/mol. The fraction of sp³-hybridized carbons (Fsp3) is 0.389. The maximum atomic E-state index is 3.63. The summed E-state index contributed by atoms with van der Waals surface area (Å²) in [6.45, 7) is 14.0. The summed E-state index contributed by atoms with van der Waals surface area (Å²) in [4.78, 5) is 0. The highest BCUT2D eigenvalue weighted by Gasteiger charge is 1.98. The van der Waals surface area contributed by atoms with E-state index in [1.165, 1.54) is 23.1 Å². The Labute approximate surface area is 113 Å². The number of rotatable bonds is 4. The van der Waals surface area contributed by atoms with Crippen molar-refractivity contribution in [2.24, 2.45) is 0 Å². The molecule has 0 saturated carbocycles. The molecule has 0 fully saturated rings. The van der Waals surface area contributed by atoms with Gasteiger partial charge in [0.15, 0.2) is 0 Å². The van der Waals surface area contributed by atoms with Gasteiger partial charge in [-0.25, -0.2) is 0 Å². The van der Waals surface area contributed by atoms with Gasteiger partial charge in [-0.15, -0.1) is 5.73 Å². The van der Waals surface area contributed by atoms with Gasteiger partial charge in [-0.3, -0.25) is 0 Å². The van der Waals surface area contributed by atoms with Crippen LogP contribution < -0.4 is 0 Å². The van der Waals surface area contributed by atoms with Crippen LogP contribution in [0.1, 0.15) is 50.8 Å². The molecule has 0 heteroatoms. The van der Waals surface area contributed by atoms with E-state index in [9.17, 15) is 0 Å². The van der Waals surface area contributed by atoms with Gasteiger partial charge in [0.25, 0.3) is 0 Å². The Morgan fingerprint density at radius 3 is 2.56 bits per heavy atom. The summed E-state index contributed by atoms with van der Waals surface area (Å²) < 4.78 is 0. The lowest BCUT2D eigenvalue weighted by Crippen LogP contribution is -1.89. The van der Waals surface area contributed by atoms with Crippen molar-refractivity contribution >= 4 is 6.08 Å². The summed E-state index contributed by atoms with van der Waals surface area (Å²) in [7, 11) is 0. The number of hydrogen-bond acceptors (Lipinski definition) is 0. The zero-order valence-electron chi connectivity index (χ0n) is 12.5. The van der Waals surface area contributed by atoms with Crippen molar-refractivity contribution in [2.45, 2.75) is 47.5 Å². The van der Waals surface area contributed by atoms with E-state index in [-0.39, 0.29) is 0 Å². The Morgan fingerprint density at radius 1 is 1.33 bits per heavy atom. The molecule has 1 aromatic carbocycles. The minimum Gasteiger partial charge on any atom is -0.125 e. The Hall–Kier alpha value is -1.52. The lowest BCUT2D eigenvalue weighted by molar-refractivity contribution is 0.918. The van der Waals surface area contributed by atoms with Crippen LogP contribution in [0.2, 0.25) is 0 Å². The van der Waals surface area contributed by atoms with E-state index < -0.39 is 0 Å². The predicted octanol–water partition coefficient (Wildman–Crippen LogP) is 5.72. The third-order valence-corrected chi connectivity index (χ3v) is 2.61. The molecule has 0 aromatic heterocycles. The summed E-state index contributed by atoms with van der Waals surface area (Å²) >= 11 is 0. The first-order chi connectivity index (χ1) is 8.67. The van der Waals surface area contributed by atoms with Crippen molar-refractivity contribution in [2.75, 3.05) is 0 Å². The summed E-state index contributed by atoms with van der Waals surface area (Å²) in [5.74, 6) is 0. The van der Waals surface area contributed by atoms with Gasteiger partial charge in [-0.2, -0.15) is 0 Å². The van der Waals surface area contributed by atoms with E-state index in [1.54, 1.807) is 0 Å². The molecule has 0 amide bonds. The van der Waals surface area contributed by atoms with Crippen LogP contribution in [0.5, 0.6) is 0 Å². The Balaban J connectivity index is 0.00000137. The standard InChI is InChI=1S/C16H20.C2H6/c1-5-7-16-12-14(4)9-11-15(16)10-8-13(3)6-2;1-2/h8-12H,2,5,7H2,1,3-4H3;1-2H3/b10-8+;. The highest BCUT2D eigenvalue weighted by molar-refractivity contribution is 5.57. The molecule has 1 rings (SSSR count).